The second-order valence-electron chi connectivity index (χ2n) is 19.9. The highest BCUT2D eigenvalue weighted by Crippen LogP contribution is 2.49. The predicted octanol–water partition coefficient (Wildman–Crippen LogP) is 9.03. The van der Waals surface area contributed by atoms with Gasteiger partial charge in [-0.25, -0.2) is 22.5 Å². The van der Waals surface area contributed by atoms with Gasteiger partial charge in [0.2, 0.25) is 5.82 Å². The standard InChI is InChI=1S/C50H61FN8O8S/c1-5-66-48-44(25-39-40(51)28-54-45(39)55-48)67-43-23-33(57-21-19-50(20-22-57)29-58(30-50)41-12-8-11-37(41)36-10-7-6-9-35(36)31(2)3)13-14-38(43)47(60)56-68(64,65)34-24-42(59(62)63)46(53-27-34)52-26-32-15-17-49(4,61)18-16-32/h6-7,9-10,13-14,23-25,27-28,31-32,37,41,61H,5,8,11-12,15-22,26,29-30H2,1-4H3,(H,52,53)(H,54,55)(H,56,60)/t32-,37-,41-,49-/m0/s1. The van der Waals surface area contributed by atoms with Gasteiger partial charge in [-0.2, -0.15) is 4.98 Å². The Labute approximate surface area is 396 Å². The van der Waals surface area contributed by atoms with Gasteiger partial charge in [0.25, 0.3) is 21.8 Å². The van der Waals surface area contributed by atoms with Gasteiger partial charge in [0, 0.05) is 68.8 Å². The second kappa shape index (κ2) is 18.9. The Hall–Kier alpha value is -5.85. The number of aromatic nitrogens is 3. The van der Waals surface area contributed by atoms with Crippen molar-refractivity contribution in [2.45, 2.75) is 114 Å². The van der Waals surface area contributed by atoms with Crippen LogP contribution in [0.5, 0.6) is 17.4 Å². The molecule has 4 N–H and O–H groups in total. The minimum atomic E-state index is -4.72. The molecule has 3 aromatic heterocycles. The van der Waals surface area contributed by atoms with Crippen molar-refractivity contribution in [1.82, 2.24) is 24.6 Å². The van der Waals surface area contributed by atoms with Crippen LogP contribution in [0.3, 0.4) is 0 Å². The van der Waals surface area contributed by atoms with Crippen molar-refractivity contribution in [1.29, 1.82) is 0 Å². The molecule has 4 fully saturated rings. The van der Waals surface area contributed by atoms with E-state index in [1.54, 1.807) is 26.0 Å². The summed E-state index contributed by atoms with van der Waals surface area (Å²) >= 11 is 0. The molecule has 1 amide bonds. The number of hydrogen-bond acceptors (Lipinski definition) is 13. The summed E-state index contributed by atoms with van der Waals surface area (Å²) in [5.41, 5.74) is 2.64. The van der Waals surface area contributed by atoms with Crippen molar-refractivity contribution in [2.24, 2.45) is 11.3 Å². The average Bonchev–Trinajstić information content (AvgIpc) is 3.94. The molecule has 2 saturated heterocycles. The number of hydrogen-bond donors (Lipinski definition) is 4. The minimum absolute atomic E-state index is 0.00168. The fraction of sp³-hybridized carbons (Fsp3) is 0.500. The van der Waals surface area contributed by atoms with E-state index in [0.717, 1.165) is 63.2 Å². The molecule has 4 aliphatic rings. The summed E-state index contributed by atoms with van der Waals surface area (Å²) in [4.78, 5) is 41.2. The number of fused-ring (bicyclic) bond motifs is 1. The van der Waals surface area contributed by atoms with Crippen LogP contribution in [0.2, 0.25) is 0 Å². The highest BCUT2D eigenvalue weighted by Gasteiger charge is 2.49. The van der Waals surface area contributed by atoms with Crippen LogP contribution in [0.1, 0.15) is 119 Å². The summed E-state index contributed by atoms with van der Waals surface area (Å²) in [6.07, 6.45) is 10.3. The number of halogens is 1. The topological polar surface area (TPSA) is 205 Å². The first-order chi connectivity index (χ1) is 32.5. The first-order valence-corrected chi connectivity index (χ1v) is 25.4. The van der Waals surface area contributed by atoms with E-state index >= 15 is 0 Å². The molecule has 9 rings (SSSR count). The summed E-state index contributed by atoms with van der Waals surface area (Å²) in [5.74, 6) is -0.609. The molecule has 362 valence electrons. The summed E-state index contributed by atoms with van der Waals surface area (Å²) in [7, 11) is -4.72. The van der Waals surface area contributed by atoms with Gasteiger partial charge in [-0.1, -0.05) is 44.5 Å². The number of pyridine rings is 2. The molecule has 2 saturated carbocycles. The number of sulfonamides is 1. The van der Waals surface area contributed by atoms with Crippen LogP contribution in [-0.2, 0) is 10.0 Å². The van der Waals surface area contributed by atoms with Crippen molar-refractivity contribution < 1.29 is 37.1 Å². The number of piperidine rings is 1. The summed E-state index contributed by atoms with van der Waals surface area (Å²) in [6, 6.07) is 16.6. The smallest absolute Gasteiger partial charge is 0.312 e. The molecule has 0 bridgehead atoms. The lowest BCUT2D eigenvalue weighted by molar-refractivity contribution is -0.384. The number of carbonyl (C=O) groups is 1. The van der Waals surface area contributed by atoms with Gasteiger partial charge in [0.15, 0.2) is 5.75 Å². The summed E-state index contributed by atoms with van der Waals surface area (Å²) in [6.45, 7) is 12.3. The maximum atomic E-state index is 14.9. The highest BCUT2D eigenvalue weighted by molar-refractivity contribution is 7.90. The first kappa shape index (κ1) is 47.2. The van der Waals surface area contributed by atoms with Gasteiger partial charge in [-0.3, -0.25) is 19.8 Å². The van der Waals surface area contributed by atoms with E-state index in [1.165, 1.54) is 42.5 Å². The lowest BCUT2D eigenvalue weighted by Gasteiger charge is -2.57. The van der Waals surface area contributed by atoms with Crippen LogP contribution in [0.4, 0.5) is 21.6 Å². The Morgan fingerprint density at radius 1 is 1.04 bits per heavy atom. The molecule has 5 heterocycles. The van der Waals surface area contributed by atoms with Gasteiger partial charge in [-0.15, -0.1) is 0 Å². The lowest BCUT2D eigenvalue weighted by Crippen LogP contribution is -2.63. The highest BCUT2D eigenvalue weighted by atomic mass is 32.2. The number of benzene rings is 2. The maximum Gasteiger partial charge on any atom is 0.312 e. The van der Waals surface area contributed by atoms with E-state index in [-0.39, 0.29) is 57.7 Å². The van der Waals surface area contributed by atoms with Crippen molar-refractivity contribution in [3.63, 3.8) is 0 Å². The molecule has 16 nitrogen and oxygen atoms in total. The van der Waals surface area contributed by atoms with Crippen LogP contribution in [0.15, 0.2) is 71.9 Å². The van der Waals surface area contributed by atoms with Crippen LogP contribution in [-0.4, -0.2) is 95.2 Å². The number of aliphatic hydroxyl groups is 1. The van der Waals surface area contributed by atoms with Crippen LogP contribution < -0.4 is 24.4 Å². The van der Waals surface area contributed by atoms with Crippen molar-refractivity contribution in [2.75, 3.05) is 49.5 Å². The molecular formula is C50H61FN8O8S. The summed E-state index contributed by atoms with van der Waals surface area (Å²) in [5, 5.41) is 25.6. The molecule has 2 aliphatic heterocycles. The van der Waals surface area contributed by atoms with Crippen LogP contribution in [0, 0.1) is 27.3 Å². The number of nitrogens with one attached hydrogen (secondary N) is 3. The number of ether oxygens (including phenoxy) is 2. The Bertz CT molecular complexity index is 2790. The number of amides is 1. The molecule has 2 aliphatic carbocycles. The number of carbonyl (C=O) groups excluding carboxylic acids is 1. The van der Waals surface area contributed by atoms with E-state index in [1.807, 2.05) is 0 Å². The summed E-state index contributed by atoms with van der Waals surface area (Å²) < 4.78 is 56.7. The lowest BCUT2D eigenvalue weighted by atomic mass is 9.70. The van der Waals surface area contributed by atoms with E-state index < -0.39 is 42.9 Å². The fourth-order valence-corrected chi connectivity index (χ4v) is 11.9. The van der Waals surface area contributed by atoms with Crippen molar-refractivity contribution >= 4 is 44.2 Å². The van der Waals surface area contributed by atoms with Gasteiger partial charge in [0.05, 0.1) is 34.3 Å². The maximum absolute atomic E-state index is 14.9. The third-order valence-electron chi connectivity index (χ3n) is 14.8. The molecule has 18 heteroatoms. The quantitative estimate of drug-likeness (QED) is 0.0572. The molecule has 2 atom stereocenters. The third kappa shape index (κ3) is 9.72. The molecule has 68 heavy (non-hydrogen) atoms. The van der Waals surface area contributed by atoms with Crippen molar-refractivity contribution in [3.05, 3.63) is 99.6 Å². The molecule has 1 spiro atoms. The van der Waals surface area contributed by atoms with E-state index in [2.05, 4.69) is 72.9 Å². The molecular weight excluding hydrogens is 892 g/mol. The monoisotopic (exact) mass is 952 g/mol. The number of H-pyrrole nitrogens is 1. The Morgan fingerprint density at radius 3 is 2.51 bits per heavy atom. The molecule has 0 radical (unpaired) electrons. The van der Waals surface area contributed by atoms with Gasteiger partial charge >= 0.3 is 5.69 Å². The van der Waals surface area contributed by atoms with Crippen LogP contribution >= 0.6 is 0 Å². The Morgan fingerprint density at radius 2 is 1.79 bits per heavy atom. The zero-order chi connectivity index (χ0) is 48.0. The zero-order valence-electron chi connectivity index (χ0n) is 39.1. The van der Waals surface area contributed by atoms with Crippen LogP contribution in [0.25, 0.3) is 11.0 Å². The van der Waals surface area contributed by atoms with E-state index in [9.17, 15) is 32.8 Å². The second-order valence-corrected chi connectivity index (χ2v) is 21.6. The minimum Gasteiger partial charge on any atom is -0.475 e. The van der Waals surface area contributed by atoms with Gasteiger partial charge in [0.1, 0.15) is 22.1 Å². The average molecular weight is 953 g/mol. The van der Waals surface area contributed by atoms with Crippen molar-refractivity contribution in [3.8, 4) is 17.4 Å². The third-order valence-corrected chi connectivity index (χ3v) is 16.1. The van der Waals surface area contributed by atoms with Gasteiger partial charge in [-0.05, 0) is 112 Å². The SMILES string of the molecule is CCOc1nc2[nH]cc(F)c2cc1Oc1cc(N2CCC3(CC2)CN([C@H]2CCC[C@H]2c2ccccc2C(C)C)C3)ccc1C(=O)NS(=O)(=O)c1cnc(NC[C@H]2CC[C@](C)(O)CC2)c([N+](=O)[O-])c1. The Balaban J connectivity index is 0.935. The number of likely N-dealkylation sites (tertiary alicyclic amines) is 1. The fourth-order valence-electron chi connectivity index (χ4n) is 10.9. The molecule has 2 aromatic carbocycles. The van der Waals surface area contributed by atoms with Gasteiger partial charge < -0.3 is 29.8 Å². The number of nitro groups is 1. The molecule has 0 unspecified atom stereocenters. The number of rotatable bonds is 15. The largest absolute Gasteiger partial charge is 0.475 e. The molecule has 5 aromatic rings. The number of nitrogens with zero attached hydrogens (tertiary/aromatic N) is 5. The number of aromatic amines is 1. The first-order valence-electron chi connectivity index (χ1n) is 23.9. The number of anilines is 2. The predicted molar refractivity (Wildman–Crippen MR) is 257 cm³/mol. The normalized spacial score (nSPS) is 22.9. The van der Waals surface area contributed by atoms with E-state index in [0.29, 0.717) is 50.1 Å². The Kier molecular flexibility index (Phi) is 13.1. The zero-order valence-corrected chi connectivity index (χ0v) is 39.9. The van der Waals surface area contributed by atoms with E-state index in [4.69, 9.17) is 9.47 Å².